The highest BCUT2D eigenvalue weighted by Gasteiger charge is 2.43. The van der Waals surface area contributed by atoms with Crippen LogP contribution in [0.4, 0.5) is 0 Å². The Kier molecular flexibility index (Phi) is 3.70. The molecule has 1 atom stereocenters. The van der Waals surface area contributed by atoms with Crippen LogP contribution in [0, 0.1) is 5.92 Å². The maximum atomic E-state index is 12.7. The molecule has 1 N–H and O–H groups in total. The summed E-state index contributed by atoms with van der Waals surface area (Å²) in [4.78, 5) is 21.3. The van der Waals surface area contributed by atoms with Crippen LogP contribution in [0.15, 0.2) is 36.5 Å². The third-order valence-electron chi connectivity index (χ3n) is 5.13. The number of hydrogen-bond donors (Lipinski definition) is 1. The molecular formula is C18H21N3OS. The predicted molar refractivity (Wildman–Crippen MR) is 92.3 cm³/mol. The Balaban J connectivity index is 1.51. The van der Waals surface area contributed by atoms with Crippen molar-refractivity contribution in [1.82, 2.24) is 15.2 Å². The lowest BCUT2D eigenvalue weighted by Gasteiger charge is -2.52. The van der Waals surface area contributed by atoms with Crippen LogP contribution in [0.25, 0.3) is 10.6 Å². The van der Waals surface area contributed by atoms with Crippen LogP contribution in [-0.4, -0.2) is 34.5 Å². The fourth-order valence-corrected chi connectivity index (χ4v) is 4.74. The third kappa shape index (κ3) is 2.79. The van der Waals surface area contributed by atoms with Crippen molar-refractivity contribution >= 4 is 17.2 Å². The van der Waals surface area contributed by atoms with E-state index in [4.69, 9.17) is 0 Å². The van der Waals surface area contributed by atoms with Gasteiger partial charge in [0.1, 0.15) is 0 Å². The molecule has 5 heteroatoms. The van der Waals surface area contributed by atoms with Gasteiger partial charge in [-0.1, -0.05) is 6.07 Å². The Morgan fingerprint density at radius 3 is 2.78 bits per heavy atom. The van der Waals surface area contributed by atoms with Gasteiger partial charge >= 0.3 is 0 Å². The van der Waals surface area contributed by atoms with E-state index in [0.29, 0.717) is 0 Å². The maximum absolute atomic E-state index is 12.7. The van der Waals surface area contributed by atoms with Gasteiger partial charge in [0.25, 0.3) is 5.91 Å². The molecule has 4 nitrogen and oxygen atoms in total. The van der Waals surface area contributed by atoms with Crippen LogP contribution in [0.3, 0.4) is 0 Å². The van der Waals surface area contributed by atoms with Crippen molar-refractivity contribution in [3.63, 3.8) is 0 Å². The number of rotatable bonds is 3. The smallest absolute Gasteiger partial charge is 0.262 e. The summed E-state index contributed by atoms with van der Waals surface area (Å²) in [5, 5.41) is 3.28. The van der Waals surface area contributed by atoms with Gasteiger partial charge in [-0.3, -0.25) is 14.7 Å². The number of nitrogens with zero attached hydrogens (tertiary/aromatic N) is 2. The van der Waals surface area contributed by atoms with Crippen LogP contribution in [0.5, 0.6) is 0 Å². The second-order valence-corrected chi connectivity index (χ2v) is 7.83. The number of thiophene rings is 1. The van der Waals surface area contributed by atoms with Gasteiger partial charge in [0.05, 0.1) is 21.1 Å². The molecule has 2 aromatic rings. The zero-order valence-electron chi connectivity index (χ0n) is 13.3. The van der Waals surface area contributed by atoms with Crippen LogP contribution >= 0.6 is 11.3 Å². The number of carbonyl (C=O) groups is 1. The number of piperidine rings is 3. The molecule has 3 fully saturated rings. The van der Waals surface area contributed by atoms with Crippen molar-refractivity contribution < 1.29 is 4.79 Å². The van der Waals surface area contributed by atoms with Gasteiger partial charge in [-0.05, 0) is 56.4 Å². The van der Waals surface area contributed by atoms with E-state index >= 15 is 0 Å². The minimum atomic E-state index is -0.187. The molecule has 0 saturated carbocycles. The van der Waals surface area contributed by atoms with Gasteiger partial charge < -0.3 is 5.32 Å². The monoisotopic (exact) mass is 327 g/mol. The standard InChI is InChI=1S/C18H21N3OS/c1-18(12-13-7-10-21(18)11-8-13)20-17(22)16-6-5-15(23-16)14-4-2-3-9-19-14/h2-6,9,13H,7-8,10-12H2,1H3,(H,20,22)/t18-/m0/s1. The second-order valence-electron chi connectivity index (χ2n) is 6.74. The molecular weight excluding hydrogens is 306 g/mol. The molecule has 23 heavy (non-hydrogen) atoms. The summed E-state index contributed by atoms with van der Waals surface area (Å²) in [6.45, 7) is 4.37. The molecule has 5 heterocycles. The molecule has 0 spiro atoms. The first-order chi connectivity index (χ1) is 11.1. The molecule has 2 bridgehead atoms. The maximum Gasteiger partial charge on any atom is 0.262 e. The highest BCUT2D eigenvalue weighted by atomic mass is 32.1. The Bertz CT molecular complexity index is 706. The van der Waals surface area contributed by atoms with E-state index in [-0.39, 0.29) is 11.6 Å². The lowest BCUT2D eigenvalue weighted by molar-refractivity contribution is -0.0346. The summed E-state index contributed by atoms with van der Waals surface area (Å²) in [5.41, 5.74) is 0.733. The molecule has 5 rings (SSSR count). The molecule has 0 radical (unpaired) electrons. The Labute approximate surface area is 140 Å². The molecule has 3 aliphatic rings. The van der Waals surface area contributed by atoms with E-state index < -0.39 is 0 Å². The number of nitrogens with one attached hydrogen (secondary N) is 1. The number of fused-ring (bicyclic) bond motifs is 3. The first-order valence-corrected chi connectivity index (χ1v) is 9.04. The first kappa shape index (κ1) is 14.8. The summed E-state index contributed by atoms with van der Waals surface area (Å²) in [7, 11) is 0. The van der Waals surface area contributed by atoms with Gasteiger partial charge in [0, 0.05) is 19.3 Å². The minimum Gasteiger partial charge on any atom is -0.333 e. The Morgan fingerprint density at radius 1 is 1.30 bits per heavy atom. The fraction of sp³-hybridized carbons (Fsp3) is 0.444. The average Bonchev–Trinajstić information content (AvgIpc) is 3.06. The number of carbonyl (C=O) groups excluding carboxylic acids is 1. The molecule has 3 aliphatic heterocycles. The van der Waals surface area contributed by atoms with Gasteiger partial charge in [0.2, 0.25) is 0 Å². The predicted octanol–water partition coefficient (Wildman–Crippen LogP) is 3.37. The molecule has 0 aromatic carbocycles. The van der Waals surface area contributed by atoms with Crippen LogP contribution in [-0.2, 0) is 0 Å². The number of hydrogen-bond acceptors (Lipinski definition) is 4. The molecule has 0 aliphatic carbocycles. The van der Waals surface area contributed by atoms with E-state index in [1.165, 1.54) is 24.2 Å². The molecule has 3 saturated heterocycles. The largest absolute Gasteiger partial charge is 0.333 e. The van der Waals surface area contributed by atoms with Crippen molar-refractivity contribution in [3.05, 3.63) is 41.4 Å². The van der Waals surface area contributed by atoms with Gasteiger partial charge in [-0.2, -0.15) is 0 Å². The fourth-order valence-electron chi connectivity index (χ4n) is 3.86. The quantitative estimate of drug-likeness (QED) is 0.940. The van der Waals surface area contributed by atoms with Crippen LogP contribution < -0.4 is 5.32 Å². The first-order valence-electron chi connectivity index (χ1n) is 8.23. The van der Waals surface area contributed by atoms with Crippen LogP contribution in [0.1, 0.15) is 35.9 Å². The lowest BCUT2D eigenvalue weighted by atomic mass is 9.80. The zero-order valence-corrected chi connectivity index (χ0v) is 14.1. The highest BCUT2D eigenvalue weighted by Crippen LogP contribution is 2.37. The Morgan fingerprint density at radius 2 is 2.13 bits per heavy atom. The second kappa shape index (κ2) is 5.73. The number of pyridine rings is 1. The van der Waals surface area contributed by atoms with Crippen LogP contribution in [0.2, 0.25) is 0 Å². The van der Waals surface area contributed by atoms with Gasteiger partial charge in [-0.25, -0.2) is 0 Å². The Hall–Kier alpha value is -1.72. The number of aromatic nitrogens is 1. The molecule has 1 amide bonds. The summed E-state index contributed by atoms with van der Waals surface area (Å²) in [6, 6.07) is 9.73. The van der Waals surface area contributed by atoms with E-state index in [2.05, 4.69) is 22.1 Å². The summed E-state index contributed by atoms with van der Waals surface area (Å²) in [6.07, 6.45) is 5.39. The van der Waals surface area contributed by atoms with E-state index in [0.717, 1.165) is 40.9 Å². The molecule has 0 unspecified atom stereocenters. The van der Waals surface area contributed by atoms with Crippen molar-refractivity contribution in [2.45, 2.75) is 31.8 Å². The normalized spacial score (nSPS) is 29.4. The number of amides is 1. The van der Waals surface area contributed by atoms with Crippen molar-refractivity contribution in [3.8, 4) is 10.6 Å². The van der Waals surface area contributed by atoms with E-state index in [1.807, 2.05) is 30.3 Å². The zero-order chi connectivity index (χ0) is 15.9. The summed E-state index contributed by atoms with van der Waals surface area (Å²) >= 11 is 1.51. The SMILES string of the molecule is C[C@@]1(NC(=O)c2ccc(-c3ccccn3)s2)CC2CCN1CC2. The van der Waals surface area contributed by atoms with Gasteiger partial charge in [0.15, 0.2) is 0 Å². The molecule has 2 aromatic heterocycles. The van der Waals surface area contributed by atoms with Gasteiger partial charge in [-0.15, -0.1) is 11.3 Å². The topological polar surface area (TPSA) is 45.2 Å². The summed E-state index contributed by atoms with van der Waals surface area (Å²) in [5.74, 6) is 0.796. The highest BCUT2D eigenvalue weighted by molar-refractivity contribution is 7.17. The average molecular weight is 327 g/mol. The third-order valence-corrected chi connectivity index (χ3v) is 6.24. The van der Waals surface area contributed by atoms with Crippen molar-refractivity contribution in [2.75, 3.05) is 13.1 Å². The lowest BCUT2D eigenvalue weighted by Crippen LogP contribution is -2.65. The summed E-state index contributed by atoms with van der Waals surface area (Å²) < 4.78 is 0. The van der Waals surface area contributed by atoms with Crippen molar-refractivity contribution in [1.29, 1.82) is 0 Å². The van der Waals surface area contributed by atoms with Crippen molar-refractivity contribution in [2.24, 2.45) is 5.92 Å². The molecule has 120 valence electrons. The minimum absolute atomic E-state index is 0.0345. The van der Waals surface area contributed by atoms with E-state index in [9.17, 15) is 4.79 Å². The van der Waals surface area contributed by atoms with E-state index in [1.54, 1.807) is 6.20 Å².